The average Bonchev–Trinajstić information content (AvgIpc) is 3.35. The number of fused-ring (bicyclic) bond motifs is 1. The molecular weight excluding hydrogens is 388 g/mol. The third-order valence-electron chi connectivity index (χ3n) is 4.38. The summed E-state index contributed by atoms with van der Waals surface area (Å²) in [4.78, 5) is 21.6. The maximum Gasteiger partial charge on any atom is 0.279 e. The first-order valence-electron chi connectivity index (χ1n) is 9.27. The van der Waals surface area contributed by atoms with Gasteiger partial charge in [-0.05, 0) is 45.2 Å². The lowest BCUT2D eigenvalue weighted by Gasteiger charge is -2.20. The van der Waals surface area contributed by atoms with Crippen LogP contribution in [0.3, 0.4) is 0 Å². The fraction of sp³-hybridized carbons (Fsp3) is 0.286. The van der Waals surface area contributed by atoms with E-state index in [1.165, 1.54) is 0 Å². The van der Waals surface area contributed by atoms with Gasteiger partial charge in [-0.3, -0.25) is 9.79 Å². The summed E-state index contributed by atoms with van der Waals surface area (Å²) in [5.74, 6) is -0.0671. The van der Waals surface area contributed by atoms with Gasteiger partial charge in [-0.2, -0.15) is 5.10 Å². The minimum absolute atomic E-state index is 0.0606. The highest BCUT2D eigenvalue weighted by atomic mass is 32.1. The van der Waals surface area contributed by atoms with Crippen molar-refractivity contribution in [2.75, 3.05) is 4.90 Å². The number of amides is 1. The zero-order valence-electron chi connectivity index (χ0n) is 16.3. The fourth-order valence-electron chi connectivity index (χ4n) is 3.23. The van der Waals surface area contributed by atoms with E-state index in [-0.39, 0.29) is 18.0 Å². The fourth-order valence-corrected chi connectivity index (χ4v) is 4.99. The van der Waals surface area contributed by atoms with Crippen LogP contribution in [0.5, 0.6) is 0 Å². The molecular formula is C21H22N4OS2. The van der Waals surface area contributed by atoms with Crippen molar-refractivity contribution in [3.05, 3.63) is 57.5 Å². The summed E-state index contributed by atoms with van der Waals surface area (Å²) < 4.78 is 1.82. The van der Waals surface area contributed by atoms with Crippen LogP contribution in [0, 0.1) is 0 Å². The summed E-state index contributed by atoms with van der Waals surface area (Å²) in [5, 5.41) is 8.95. The van der Waals surface area contributed by atoms with E-state index in [1.807, 2.05) is 73.0 Å². The summed E-state index contributed by atoms with van der Waals surface area (Å²) in [6.07, 6.45) is 0. The van der Waals surface area contributed by atoms with Crippen LogP contribution in [-0.4, -0.2) is 28.4 Å². The third-order valence-corrected chi connectivity index (χ3v) is 6.11. The first-order chi connectivity index (χ1) is 13.5. The predicted molar refractivity (Wildman–Crippen MR) is 117 cm³/mol. The van der Waals surface area contributed by atoms with Gasteiger partial charge < -0.3 is 4.90 Å². The number of nitrogens with zero attached hydrogens (tertiary/aromatic N) is 4. The van der Waals surface area contributed by atoms with E-state index in [0.29, 0.717) is 5.71 Å². The van der Waals surface area contributed by atoms with Gasteiger partial charge in [0, 0.05) is 23.0 Å². The molecule has 0 fully saturated rings. The monoisotopic (exact) mass is 410 g/mol. The second-order valence-corrected chi connectivity index (χ2v) is 8.93. The molecule has 1 amide bonds. The Labute approximate surface area is 172 Å². The molecule has 144 valence electrons. The Morgan fingerprint density at radius 1 is 1.00 bits per heavy atom. The number of hydrogen-bond acceptors (Lipinski definition) is 5. The van der Waals surface area contributed by atoms with Crippen LogP contribution in [-0.2, 0) is 4.79 Å². The lowest BCUT2D eigenvalue weighted by molar-refractivity contribution is -0.112. The van der Waals surface area contributed by atoms with Gasteiger partial charge in [0.15, 0.2) is 5.71 Å². The van der Waals surface area contributed by atoms with Crippen molar-refractivity contribution in [2.24, 2.45) is 10.1 Å². The molecule has 3 heterocycles. The van der Waals surface area contributed by atoms with Crippen LogP contribution in [0.15, 0.2) is 57.3 Å². The van der Waals surface area contributed by atoms with Gasteiger partial charge in [-0.1, -0.05) is 24.3 Å². The second-order valence-electron chi connectivity index (χ2n) is 7.15. The quantitative estimate of drug-likeness (QED) is 0.620. The van der Waals surface area contributed by atoms with Crippen LogP contribution >= 0.6 is 22.7 Å². The van der Waals surface area contributed by atoms with E-state index in [2.05, 4.69) is 11.4 Å². The van der Waals surface area contributed by atoms with Crippen molar-refractivity contribution in [3.8, 4) is 10.6 Å². The zero-order chi connectivity index (χ0) is 19.8. The van der Waals surface area contributed by atoms with E-state index in [4.69, 9.17) is 10.1 Å². The molecule has 1 aliphatic heterocycles. The number of carbonyl (C=O) groups is 1. The van der Waals surface area contributed by atoms with Crippen LogP contribution in [0.1, 0.15) is 33.3 Å². The molecule has 0 bridgehead atoms. The Morgan fingerprint density at radius 3 is 2.46 bits per heavy atom. The molecule has 28 heavy (non-hydrogen) atoms. The Morgan fingerprint density at radius 2 is 1.79 bits per heavy atom. The lowest BCUT2D eigenvalue weighted by Crippen LogP contribution is -2.36. The minimum atomic E-state index is -0.0671. The Bertz CT molecular complexity index is 1100. The topological polar surface area (TPSA) is 50.0 Å². The molecule has 0 N–H and O–H groups in total. The standard InChI is InChI=1S/C21H22N4OS2/c1-13(2)22-21-25(17(12-28-21)18-10-7-11-27-18)23-19-15-8-5-6-9-16(15)24(14(3)4)20(19)26/h5-14H,1-4H3. The van der Waals surface area contributed by atoms with Crippen molar-refractivity contribution in [1.82, 2.24) is 4.68 Å². The number of para-hydroxylation sites is 1. The molecule has 0 spiro atoms. The van der Waals surface area contributed by atoms with Crippen LogP contribution in [0.4, 0.5) is 5.69 Å². The molecule has 0 aliphatic carbocycles. The van der Waals surface area contributed by atoms with E-state index >= 15 is 0 Å². The van der Waals surface area contributed by atoms with Gasteiger partial charge in [0.25, 0.3) is 5.91 Å². The maximum absolute atomic E-state index is 13.2. The summed E-state index contributed by atoms with van der Waals surface area (Å²) in [5.41, 5.74) is 3.20. The van der Waals surface area contributed by atoms with Crippen molar-refractivity contribution >= 4 is 40.0 Å². The van der Waals surface area contributed by atoms with Gasteiger partial charge >= 0.3 is 0 Å². The Balaban J connectivity index is 1.94. The summed E-state index contributed by atoms with van der Waals surface area (Å²) in [7, 11) is 0. The SMILES string of the molecule is CC(C)N=c1scc(-c2cccs2)n1N=C1C(=O)N(C(C)C)c2ccccc21. The summed E-state index contributed by atoms with van der Waals surface area (Å²) >= 11 is 3.20. The zero-order valence-corrected chi connectivity index (χ0v) is 17.9. The molecule has 2 aromatic heterocycles. The third kappa shape index (κ3) is 3.25. The molecule has 0 saturated heterocycles. The summed E-state index contributed by atoms with van der Waals surface area (Å²) in [6.45, 7) is 8.12. The van der Waals surface area contributed by atoms with Gasteiger partial charge in [0.05, 0.1) is 16.3 Å². The maximum atomic E-state index is 13.2. The molecule has 1 aliphatic rings. The first-order valence-corrected chi connectivity index (χ1v) is 11.0. The van der Waals surface area contributed by atoms with E-state index in [1.54, 1.807) is 22.7 Å². The van der Waals surface area contributed by atoms with Crippen LogP contribution in [0.2, 0.25) is 0 Å². The van der Waals surface area contributed by atoms with Gasteiger partial charge in [0.1, 0.15) is 0 Å². The molecule has 0 unspecified atom stereocenters. The molecule has 4 rings (SSSR count). The molecule has 3 aromatic rings. The smallest absolute Gasteiger partial charge is 0.279 e. The van der Waals surface area contributed by atoms with Crippen molar-refractivity contribution in [3.63, 3.8) is 0 Å². The lowest BCUT2D eigenvalue weighted by atomic mass is 10.1. The number of carbonyl (C=O) groups excluding carboxylic acids is 1. The molecule has 7 heteroatoms. The highest BCUT2D eigenvalue weighted by molar-refractivity contribution is 7.14. The van der Waals surface area contributed by atoms with Crippen molar-refractivity contribution < 1.29 is 4.79 Å². The van der Waals surface area contributed by atoms with Gasteiger partial charge in [-0.25, -0.2) is 4.68 Å². The van der Waals surface area contributed by atoms with Gasteiger partial charge in [0.2, 0.25) is 4.80 Å². The number of aromatic nitrogens is 1. The van der Waals surface area contributed by atoms with Crippen LogP contribution in [0.25, 0.3) is 10.6 Å². The van der Waals surface area contributed by atoms with E-state index in [9.17, 15) is 4.79 Å². The molecule has 0 radical (unpaired) electrons. The predicted octanol–water partition coefficient (Wildman–Crippen LogP) is 4.59. The molecule has 0 saturated carbocycles. The molecule has 5 nitrogen and oxygen atoms in total. The Kier molecular flexibility index (Phi) is 5.03. The number of benzene rings is 1. The normalized spacial score (nSPS) is 16.1. The van der Waals surface area contributed by atoms with E-state index < -0.39 is 0 Å². The second kappa shape index (κ2) is 7.48. The van der Waals surface area contributed by atoms with Crippen molar-refractivity contribution in [1.29, 1.82) is 0 Å². The number of rotatable bonds is 4. The number of anilines is 1. The van der Waals surface area contributed by atoms with E-state index in [0.717, 1.165) is 26.6 Å². The number of hydrogen-bond donors (Lipinski definition) is 0. The number of thiophene rings is 1. The molecule has 1 aromatic carbocycles. The first kappa shape index (κ1) is 18.8. The highest BCUT2D eigenvalue weighted by Crippen LogP contribution is 2.32. The largest absolute Gasteiger partial charge is 0.304 e. The Hall–Kier alpha value is -2.51. The highest BCUT2D eigenvalue weighted by Gasteiger charge is 2.35. The van der Waals surface area contributed by atoms with Gasteiger partial charge in [-0.15, -0.1) is 22.7 Å². The summed E-state index contributed by atoms with van der Waals surface area (Å²) in [6, 6.07) is 12.1. The number of thiazole rings is 1. The van der Waals surface area contributed by atoms with Crippen molar-refractivity contribution in [2.45, 2.75) is 39.8 Å². The average molecular weight is 411 g/mol. The van der Waals surface area contributed by atoms with Crippen LogP contribution < -0.4 is 9.70 Å². The molecule has 0 atom stereocenters. The minimum Gasteiger partial charge on any atom is -0.304 e.